The molecule has 2 aromatic heterocycles. The average Bonchev–Trinajstić information content (AvgIpc) is 3.96. The zero-order valence-corrected chi connectivity index (χ0v) is 33.7. The molecule has 62 heavy (non-hydrogen) atoms. The summed E-state index contributed by atoms with van der Waals surface area (Å²) >= 11 is 0. The van der Waals surface area contributed by atoms with Gasteiger partial charge in [-0.3, -0.25) is 0 Å². The van der Waals surface area contributed by atoms with Crippen molar-refractivity contribution in [2.45, 2.75) is 5.41 Å². The molecular formula is C59H37N3. The second-order valence-corrected chi connectivity index (χ2v) is 16.4. The highest BCUT2D eigenvalue weighted by molar-refractivity contribution is 6.11. The third kappa shape index (κ3) is 4.94. The first-order valence-corrected chi connectivity index (χ1v) is 21.3. The van der Waals surface area contributed by atoms with Crippen LogP contribution in [0.25, 0.3) is 94.8 Å². The number of aromatic nitrogens is 3. The molecule has 3 heteroatoms. The van der Waals surface area contributed by atoms with Crippen LogP contribution >= 0.6 is 0 Å². The van der Waals surface area contributed by atoms with E-state index in [9.17, 15) is 0 Å². The van der Waals surface area contributed by atoms with Crippen LogP contribution in [0.1, 0.15) is 22.3 Å². The van der Waals surface area contributed by atoms with Gasteiger partial charge in [-0.05, 0) is 98.1 Å². The predicted octanol–water partition coefficient (Wildman–Crippen LogP) is 14.6. The van der Waals surface area contributed by atoms with Crippen LogP contribution < -0.4 is 0 Å². The van der Waals surface area contributed by atoms with E-state index in [2.05, 4.69) is 217 Å². The van der Waals surface area contributed by atoms with Gasteiger partial charge in [0.1, 0.15) is 0 Å². The molecule has 2 heterocycles. The molecule has 0 amide bonds. The van der Waals surface area contributed by atoms with Gasteiger partial charge >= 0.3 is 0 Å². The van der Waals surface area contributed by atoms with Crippen molar-refractivity contribution in [2.24, 2.45) is 0 Å². The Morgan fingerprint density at radius 1 is 0.323 bits per heavy atom. The smallest absolute Gasteiger partial charge is 0.160 e. The SMILES string of the molecule is c1ccc(-c2cc(-c3ccccc3)nc(-c3ccc4c(c3)C3(c5ccccc5-4)c4ccccc4-c4c(-c5ccc6c(c5)c5ccccc5n6-c5ccccc5)cccc43)n2)cc1. The van der Waals surface area contributed by atoms with Crippen LogP contribution in [0.3, 0.4) is 0 Å². The van der Waals surface area contributed by atoms with E-state index in [0.29, 0.717) is 5.82 Å². The molecule has 3 nitrogen and oxygen atoms in total. The van der Waals surface area contributed by atoms with E-state index in [0.717, 1.165) is 33.8 Å². The van der Waals surface area contributed by atoms with Crippen molar-refractivity contribution < 1.29 is 0 Å². The van der Waals surface area contributed by atoms with Crippen LogP contribution in [0.4, 0.5) is 0 Å². The van der Waals surface area contributed by atoms with Gasteiger partial charge in [-0.2, -0.15) is 0 Å². The van der Waals surface area contributed by atoms with Crippen molar-refractivity contribution in [3.05, 3.63) is 247 Å². The molecule has 9 aromatic carbocycles. The number of para-hydroxylation sites is 2. The molecule has 0 saturated carbocycles. The van der Waals surface area contributed by atoms with Crippen LogP contribution in [0.2, 0.25) is 0 Å². The number of hydrogen-bond acceptors (Lipinski definition) is 2. The van der Waals surface area contributed by atoms with Crippen LogP contribution in [0, 0.1) is 0 Å². The van der Waals surface area contributed by atoms with Gasteiger partial charge in [-0.15, -0.1) is 0 Å². The lowest BCUT2D eigenvalue weighted by Gasteiger charge is -2.30. The Bertz CT molecular complexity index is 3510. The van der Waals surface area contributed by atoms with E-state index in [1.165, 1.54) is 77.4 Å². The van der Waals surface area contributed by atoms with Crippen LogP contribution in [0.15, 0.2) is 224 Å². The molecule has 0 fully saturated rings. The number of benzene rings is 9. The molecule has 0 radical (unpaired) electrons. The van der Waals surface area contributed by atoms with Gasteiger partial charge < -0.3 is 4.57 Å². The molecule has 1 unspecified atom stereocenters. The van der Waals surface area contributed by atoms with Gasteiger partial charge in [0, 0.05) is 33.2 Å². The average molecular weight is 788 g/mol. The molecule has 1 spiro atoms. The highest BCUT2D eigenvalue weighted by atomic mass is 15.0. The van der Waals surface area contributed by atoms with Crippen LogP contribution in [0.5, 0.6) is 0 Å². The van der Waals surface area contributed by atoms with Gasteiger partial charge in [0.25, 0.3) is 0 Å². The Labute approximate surface area is 359 Å². The van der Waals surface area contributed by atoms with Crippen molar-refractivity contribution in [1.82, 2.24) is 14.5 Å². The van der Waals surface area contributed by atoms with Crippen molar-refractivity contribution in [3.8, 4) is 73.0 Å². The van der Waals surface area contributed by atoms with Crippen molar-refractivity contribution in [1.29, 1.82) is 0 Å². The predicted molar refractivity (Wildman–Crippen MR) is 254 cm³/mol. The summed E-state index contributed by atoms with van der Waals surface area (Å²) < 4.78 is 2.39. The molecule has 0 saturated heterocycles. The molecule has 0 bridgehead atoms. The van der Waals surface area contributed by atoms with E-state index in [1.807, 2.05) is 12.1 Å². The van der Waals surface area contributed by atoms with Crippen LogP contribution in [-0.4, -0.2) is 14.5 Å². The van der Waals surface area contributed by atoms with E-state index in [-0.39, 0.29) is 0 Å². The Morgan fingerprint density at radius 2 is 0.871 bits per heavy atom. The summed E-state index contributed by atoms with van der Waals surface area (Å²) in [7, 11) is 0. The van der Waals surface area contributed by atoms with Gasteiger partial charge in [-0.25, -0.2) is 9.97 Å². The lowest BCUT2D eigenvalue weighted by Crippen LogP contribution is -2.26. The van der Waals surface area contributed by atoms with E-state index in [1.54, 1.807) is 0 Å². The minimum Gasteiger partial charge on any atom is -0.309 e. The number of fused-ring (bicyclic) bond motifs is 13. The molecule has 11 aromatic rings. The maximum atomic E-state index is 5.29. The maximum Gasteiger partial charge on any atom is 0.160 e. The topological polar surface area (TPSA) is 30.7 Å². The number of nitrogens with zero attached hydrogens (tertiary/aromatic N) is 3. The monoisotopic (exact) mass is 787 g/mol. The fourth-order valence-electron chi connectivity index (χ4n) is 10.7. The van der Waals surface area contributed by atoms with Gasteiger partial charge in [0.2, 0.25) is 0 Å². The molecule has 0 aliphatic heterocycles. The zero-order chi connectivity index (χ0) is 40.8. The summed E-state index contributed by atoms with van der Waals surface area (Å²) in [5.74, 6) is 0.710. The lowest BCUT2D eigenvalue weighted by molar-refractivity contribution is 0.794. The van der Waals surface area contributed by atoms with E-state index in [4.69, 9.17) is 9.97 Å². The molecule has 288 valence electrons. The number of rotatable bonds is 5. The molecule has 1 atom stereocenters. The zero-order valence-electron chi connectivity index (χ0n) is 33.7. The summed E-state index contributed by atoms with van der Waals surface area (Å²) in [5.41, 5.74) is 20.6. The fraction of sp³-hybridized carbons (Fsp3) is 0.0169. The van der Waals surface area contributed by atoms with Crippen LogP contribution in [-0.2, 0) is 5.41 Å². The van der Waals surface area contributed by atoms with Gasteiger partial charge in [0.15, 0.2) is 5.82 Å². The highest BCUT2D eigenvalue weighted by Crippen LogP contribution is 2.64. The first-order valence-electron chi connectivity index (χ1n) is 21.3. The lowest BCUT2D eigenvalue weighted by atomic mass is 9.70. The standard InChI is InChI=1S/C59H37N3/c1-4-17-38(18-5-1)53-37-54(39-19-6-2-7-20-39)61-58(60-53)41-31-33-45-44-23-10-13-27-49(44)59(52(45)36-41)50-28-14-11-25-47(50)57-43(26-16-29-51(57)59)40-32-34-56-48(35-40)46-24-12-15-30-55(46)62(56)42-21-8-3-9-22-42/h1-37H. The Balaban J connectivity index is 1.04. The first kappa shape index (κ1) is 34.7. The minimum absolute atomic E-state index is 0.545. The molecule has 13 rings (SSSR count). The summed E-state index contributed by atoms with van der Waals surface area (Å²) in [4.78, 5) is 10.6. The summed E-state index contributed by atoms with van der Waals surface area (Å²) in [6.45, 7) is 0. The quantitative estimate of drug-likeness (QED) is 0.174. The third-order valence-electron chi connectivity index (χ3n) is 13.2. The summed E-state index contributed by atoms with van der Waals surface area (Å²) in [5, 5.41) is 2.49. The minimum atomic E-state index is -0.545. The summed E-state index contributed by atoms with van der Waals surface area (Å²) in [6, 6.07) is 81.5. The van der Waals surface area contributed by atoms with Crippen molar-refractivity contribution in [3.63, 3.8) is 0 Å². The van der Waals surface area contributed by atoms with Crippen molar-refractivity contribution >= 4 is 21.8 Å². The Hall–Kier alpha value is -8.14. The molecule has 2 aliphatic carbocycles. The van der Waals surface area contributed by atoms with E-state index < -0.39 is 5.41 Å². The molecule has 2 aliphatic rings. The third-order valence-corrected chi connectivity index (χ3v) is 13.2. The normalized spacial score (nSPS) is 14.5. The first-order chi connectivity index (χ1) is 30.8. The van der Waals surface area contributed by atoms with Crippen molar-refractivity contribution in [2.75, 3.05) is 0 Å². The van der Waals surface area contributed by atoms with E-state index >= 15 is 0 Å². The molecule has 0 N–H and O–H groups in total. The second-order valence-electron chi connectivity index (χ2n) is 16.4. The Morgan fingerprint density at radius 3 is 1.61 bits per heavy atom. The van der Waals surface area contributed by atoms with Gasteiger partial charge in [-0.1, -0.05) is 182 Å². The van der Waals surface area contributed by atoms with Gasteiger partial charge in [0.05, 0.1) is 27.8 Å². The maximum absolute atomic E-state index is 5.29. The number of hydrogen-bond donors (Lipinski definition) is 0. The fourth-order valence-corrected chi connectivity index (χ4v) is 10.7. The Kier molecular flexibility index (Phi) is 7.52. The largest absolute Gasteiger partial charge is 0.309 e. The molecular weight excluding hydrogens is 751 g/mol. The summed E-state index contributed by atoms with van der Waals surface area (Å²) in [6.07, 6.45) is 0. The highest BCUT2D eigenvalue weighted by Gasteiger charge is 2.52. The second kappa shape index (κ2) is 13.4.